The maximum atomic E-state index is 12.2. The SMILES string of the molecule is O=C(CSc1nccn2nc(-c3ccccc3)cc12)Nc1ccc(Cl)cc1. The van der Waals surface area contributed by atoms with Gasteiger partial charge in [-0.25, -0.2) is 9.50 Å². The van der Waals surface area contributed by atoms with Gasteiger partial charge in [0.25, 0.3) is 0 Å². The van der Waals surface area contributed by atoms with Crippen LogP contribution in [0.4, 0.5) is 5.69 Å². The Balaban J connectivity index is 1.49. The van der Waals surface area contributed by atoms with Crippen LogP contribution in [0, 0.1) is 0 Å². The first kappa shape index (κ1) is 17.6. The van der Waals surface area contributed by atoms with Gasteiger partial charge in [-0.3, -0.25) is 4.79 Å². The van der Waals surface area contributed by atoms with Gasteiger partial charge in [0, 0.05) is 28.7 Å². The third-order valence-electron chi connectivity index (χ3n) is 3.89. The molecular weight excluding hydrogens is 380 g/mol. The Morgan fingerprint density at radius 3 is 2.67 bits per heavy atom. The fraction of sp³-hybridized carbons (Fsp3) is 0.0500. The molecule has 0 atom stereocenters. The molecule has 0 saturated heterocycles. The van der Waals surface area contributed by atoms with E-state index in [0.717, 1.165) is 21.8 Å². The van der Waals surface area contributed by atoms with Crippen molar-refractivity contribution in [2.45, 2.75) is 5.03 Å². The number of fused-ring (bicyclic) bond motifs is 1. The number of rotatable bonds is 5. The lowest BCUT2D eigenvalue weighted by molar-refractivity contribution is -0.113. The van der Waals surface area contributed by atoms with Crippen molar-refractivity contribution in [2.75, 3.05) is 11.1 Å². The van der Waals surface area contributed by atoms with Crippen LogP contribution in [-0.4, -0.2) is 26.3 Å². The number of thioether (sulfide) groups is 1. The summed E-state index contributed by atoms with van der Waals surface area (Å²) in [6.45, 7) is 0. The number of nitrogens with one attached hydrogen (secondary N) is 1. The predicted octanol–water partition coefficient (Wildman–Crippen LogP) is 4.78. The molecule has 7 heteroatoms. The van der Waals surface area contributed by atoms with Gasteiger partial charge in [-0.2, -0.15) is 5.10 Å². The van der Waals surface area contributed by atoms with Gasteiger partial charge in [-0.1, -0.05) is 53.7 Å². The van der Waals surface area contributed by atoms with Crippen LogP contribution in [0.25, 0.3) is 16.8 Å². The van der Waals surface area contributed by atoms with Crippen LogP contribution in [0.5, 0.6) is 0 Å². The quantitative estimate of drug-likeness (QED) is 0.495. The van der Waals surface area contributed by atoms with Gasteiger partial charge in [0.15, 0.2) is 0 Å². The Morgan fingerprint density at radius 2 is 1.89 bits per heavy atom. The van der Waals surface area contributed by atoms with E-state index in [-0.39, 0.29) is 11.7 Å². The summed E-state index contributed by atoms with van der Waals surface area (Å²) in [5.41, 5.74) is 3.50. The van der Waals surface area contributed by atoms with Gasteiger partial charge < -0.3 is 5.32 Å². The summed E-state index contributed by atoms with van der Waals surface area (Å²) in [5.74, 6) is 0.148. The molecule has 0 spiro atoms. The van der Waals surface area contributed by atoms with Crippen molar-refractivity contribution in [3.8, 4) is 11.3 Å². The van der Waals surface area contributed by atoms with E-state index in [9.17, 15) is 4.79 Å². The molecule has 0 unspecified atom stereocenters. The van der Waals surface area contributed by atoms with Crippen LogP contribution < -0.4 is 5.32 Å². The maximum absolute atomic E-state index is 12.2. The highest BCUT2D eigenvalue weighted by atomic mass is 35.5. The van der Waals surface area contributed by atoms with Gasteiger partial charge in [-0.05, 0) is 30.3 Å². The number of hydrogen-bond acceptors (Lipinski definition) is 4. The van der Waals surface area contributed by atoms with Gasteiger partial charge in [0.05, 0.1) is 17.0 Å². The van der Waals surface area contributed by atoms with Crippen LogP contribution in [0.15, 0.2) is 78.1 Å². The number of carbonyl (C=O) groups is 1. The first-order valence-corrected chi connectivity index (χ1v) is 9.63. The van der Waals surface area contributed by atoms with Crippen LogP contribution in [0.2, 0.25) is 5.02 Å². The van der Waals surface area contributed by atoms with Gasteiger partial charge in [0.1, 0.15) is 5.03 Å². The van der Waals surface area contributed by atoms with Crippen LogP contribution in [0.3, 0.4) is 0 Å². The van der Waals surface area contributed by atoms with Gasteiger partial charge in [-0.15, -0.1) is 0 Å². The summed E-state index contributed by atoms with van der Waals surface area (Å²) in [4.78, 5) is 16.6. The predicted molar refractivity (Wildman–Crippen MR) is 109 cm³/mol. The minimum atomic E-state index is -0.103. The summed E-state index contributed by atoms with van der Waals surface area (Å²) in [7, 11) is 0. The topological polar surface area (TPSA) is 59.3 Å². The van der Waals surface area contributed by atoms with Crippen LogP contribution >= 0.6 is 23.4 Å². The van der Waals surface area contributed by atoms with Crippen molar-refractivity contribution in [3.05, 3.63) is 78.1 Å². The average molecular weight is 395 g/mol. The van der Waals surface area contributed by atoms with E-state index in [1.165, 1.54) is 11.8 Å². The summed E-state index contributed by atoms with van der Waals surface area (Å²) in [6, 6.07) is 19.0. The monoisotopic (exact) mass is 394 g/mol. The molecule has 0 bridgehead atoms. The second-order valence-electron chi connectivity index (χ2n) is 5.80. The third-order valence-corrected chi connectivity index (χ3v) is 5.14. The Labute approximate surface area is 165 Å². The van der Waals surface area contributed by atoms with E-state index in [1.54, 1.807) is 41.2 Å². The van der Waals surface area contributed by atoms with Crippen molar-refractivity contribution in [3.63, 3.8) is 0 Å². The zero-order chi connectivity index (χ0) is 18.6. The Bertz CT molecular complexity index is 1080. The van der Waals surface area contributed by atoms with Crippen molar-refractivity contribution in [2.24, 2.45) is 0 Å². The molecule has 0 fully saturated rings. The average Bonchev–Trinajstić information content (AvgIpc) is 3.14. The highest BCUT2D eigenvalue weighted by molar-refractivity contribution is 8.00. The number of carbonyl (C=O) groups excluding carboxylic acids is 1. The number of anilines is 1. The van der Waals surface area contributed by atoms with Gasteiger partial charge in [0.2, 0.25) is 5.91 Å². The lowest BCUT2D eigenvalue weighted by atomic mass is 10.1. The molecule has 4 rings (SSSR count). The molecule has 0 radical (unpaired) electrons. The largest absolute Gasteiger partial charge is 0.325 e. The van der Waals surface area contributed by atoms with Crippen molar-refractivity contribution >= 4 is 40.5 Å². The highest BCUT2D eigenvalue weighted by Gasteiger charge is 2.11. The standard InChI is InChI=1S/C20H15ClN4OS/c21-15-6-8-16(9-7-15)23-19(26)13-27-20-18-12-17(14-4-2-1-3-5-14)24-25(18)11-10-22-20/h1-12H,13H2,(H,23,26). The molecule has 0 aliphatic carbocycles. The molecule has 5 nitrogen and oxygen atoms in total. The van der Waals surface area contributed by atoms with E-state index in [2.05, 4.69) is 15.4 Å². The highest BCUT2D eigenvalue weighted by Crippen LogP contribution is 2.26. The summed E-state index contributed by atoms with van der Waals surface area (Å²) in [6.07, 6.45) is 3.49. The van der Waals surface area contributed by atoms with Crippen LogP contribution in [-0.2, 0) is 4.79 Å². The second kappa shape index (κ2) is 7.82. The molecule has 0 aliphatic heterocycles. The molecule has 27 heavy (non-hydrogen) atoms. The lowest BCUT2D eigenvalue weighted by Crippen LogP contribution is -2.14. The Hall–Kier alpha value is -2.83. The molecule has 2 aromatic heterocycles. The summed E-state index contributed by atoms with van der Waals surface area (Å²) in [5, 5.41) is 8.84. The number of hydrogen-bond donors (Lipinski definition) is 1. The molecule has 2 aromatic carbocycles. The van der Waals surface area contributed by atoms with Crippen molar-refractivity contribution in [1.82, 2.24) is 14.6 Å². The number of benzene rings is 2. The molecule has 2 heterocycles. The third kappa shape index (κ3) is 4.13. The smallest absolute Gasteiger partial charge is 0.234 e. The van der Waals surface area contributed by atoms with Crippen molar-refractivity contribution < 1.29 is 4.79 Å². The molecule has 0 saturated carbocycles. The second-order valence-corrected chi connectivity index (χ2v) is 7.20. The molecule has 1 amide bonds. The van der Waals surface area contributed by atoms with Crippen LogP contribution in [0.1, 0.15) is 0 Å². The summed E-state index contributed by atoms with van der Waals surface area (Å²) >= 11 is 7.24. The first-order chi connectivity index (χ1) is 13.2. The maximum Gasteiger partial charge on any atom is 0.234 e. The Kier molecular flexibility index (Phi) is 5.09. The molecule has 4 aromatic rings. The Morgan fingerprint density at radius 1 is 1.11 bits per heavy atom. The fourth-order valence-corrected chi connectivity index (χ4v) is 3.53. The van der Waals surface area contributed by atoms with E-state index >= 15 is 0 Å². The molecular formula is C20H15ClN4OS. The van der Waals surface area contributed by atoms with E-state index in [0.29, 0.717) is 10.7 Å². The molecule has 0 aliphatic rings. The first-order valence-electron chi connectivity index (χ1n) is 8.27. The fourth-order valence-electron chi connectivity index (χ4n) is 2.62. The number of halogens is 1. The normalized spacial score (nSPS) is 10.9. The number of aromatic nitrogens is 3. The van der Waals surface area contributed by atoms with E-state index < -0.39 is 0 Å². The lowest BCUT2D eigenvalue weighted by Gasteiger charge is -2.05. The zero-order valence-corrected chi connectivity index (χ0v) is 15.7. The minimum Gasteiger partial charge on any atom is -0.325 e. The van der Waals surface area contributed by atoms with E-state index in [1.807, 2.05) is 36.4 Å². The zero-order valence-electron chi connectivity index (χ0n) is 14.2. The summed E-state index contributed by atoms with van der Waals surface area (Å²) < 4.78 is 1.79. The molecule has 1 N–H and O–H groups in total. The number of nitrogens with zero attached hydrogens (tertiary/aromatic N) is 3. The van der Waals surface area contributed by atoms with Gasteiger partial charge >= 0.3 is 0 Å². The number of amides is 1. The van der Waals surface area contributed by atoms with E-state index in [4.69, 9.17) is 11.6 Å². The van der Waals surface area contributed by atoms with Crippen molar-refractivity contribution in [1.29, 1.82) is 0 Å². The minimum absolute atomic E-state index is 0.103. The molecule has 134 valence electrons.